The van der Waals surface area contributed by atoms with Gasteiger partial charge in [-0.3, -0.25) is 9.52 Å². The summed E-state index contributed by atoms with van der Waals surface area (Å²) in [5.41, 5.74) is 3.84. The minimum atomic E-state index is -3.46. The Labute approximate surface area is 210 Å². The number of aliphatic carboxylic acids is 1. The molecule has 0 radical (unpaired) electrons. The van der Waals surface area contributed by atoms with E-state index in [4.69, 9.17) is 14.6 Å². The number of hydrogen-bond acceptors (Lipinski definition) is 7. The first-order valence-corrected chi connectivity index (χ1v) is 13.5. The Kier molecular flexibility index (Phi) is 9.71. The predicted molar refractivity (Wildman–Crippen MR) is 138 cm³/mol. The number of benzene rings is 2. The average molecular weight is 520 g/mol. The molecular weight excluding hydrogens is 486 g/mol. The molecule has 0 fully saturated rings. The second kappa shape index (κ2) is 12.7. The predicted octanol–water partition coefficient (Wildman–Crippen LogP) is 2.45. The molecule has 36 heavy (non-hydrogen) atoms. The van der Waals surface area contributed by atoms with Gasteiger partial charge in [0.1, 0.15) is 12.4 Å². The number of para-hydroxylation sites is 1. The van der Waals surface area contributed by atoms with E-state index in [-0.39, 0.29) is 13.0 Å². The molecule has 0 aliphatic carbocycles. The van der Waals surface area contributed by atoms with Crippen LogP contribution < -0.4 is 14.8 Å². The monoisotopic (exact) mass is 519 g/mol. The minimum absolute atomic E-state index is 0.0473. The van der Waals surface area contributed by atoms with Gasteiger partial charge < -0.3 is 30.0 Å². The summed E-state index contributed by atoms with van der Waals surface area (Å²) in [6.45, 7) is 1.02. The van der Waals surface area contributed by atoms with E-state index in [1.165, 1.54) is 0 Å². The van der Waals surface area contributed by atoms with Gasteiger partial charge in [0.05, 0.1) is 31.2 Å². The topological polar surface area (TPSA) is 150 Å². The highest BCUT2D eigenvalue weighted by Gasteiger charge is 2.16. The third-order valence-electron chi connectivity index (χ3n) is 5.69. The molecule has 3 aromatic rings. The summed E-state index contributed by atoms with van der Waals surface area (Å²) >= 11 is 0. The number of aliphatic hydroxyl groups excluding tert-OH is 1. The molecule has 0 saturated heterocycles. The molecule has 1 unspecified atom stereocenters. The van der Waals surface area contributed by atoms with E-state index in [1.807, 2.05) is 18.2 Å². The van der Waals surface area contributed by atoms with Gasteiger partial charge in [-0.1, -0.05) is 18.2 Å². The number of sulfonamides is 1. The molecule has 0 aliphatic rings. The van der Waals surface area contributed by atoms with Crippen LogP contribution >= 0.6 is 0 Å². The van der Waals surface area contributed by atoms with Crippen molar-refractivity contribution in [2.75, 3.05) is 44.5 Å². The van der Waals surface area contributed by atoms with Crippen LogP contribution in [0.3, 0.4) is 0 Å². The fourth-order valence-electron chi connectivity index (χ4n) is 4.08. The van der Waals surface area contributed by atoms with Crippen LogP contribution in [-0.2, 0) is 32.4 Å². The van der Waals surface area contributed by atoms with Crippen molar-refractivity contribution in [3.63, 3.8) is 0 Å². The number of rotatable bonds is 15. The number of fused-ring (bicyclic) bond motifs is 1. The highest BCUT2D eigenvalue weighted by Crippen LogP contribution is 2.28. The highest BCUT2D eigenvalue weighted by molar-refractivity contribution is 7.92. The van der Waals surface area contributed by atoms with E-state index < -0.39 is 22.0 Å². The fraction of sp³-hybridized carbons (Fsp3) is 0.400. The molecule has 10 nitrogen and oxygen atoms in total. The first kappa shape index (κ1) is 27.5. The third kappa shape index (κ3) is 7.69. The third-order valence-corrected chi connectivity index (χ3v) is 6.28. The van der Waals surface area contributed by atoms with Crippen LogP contribution in [0, 0.1) is 0 Å². The summed E-state index contributed by atoms with van der Waals surface area (Å²) in [6, 6.07) is 12.1. The standard InChI is InChI=1S/C25H33N3O7S/c1-34-13-11-21-18(9-10-25(30)31)19-8-7-17(15-23(19)27-21)35-14-12-26-24(16-29)20-5-3-4-6-22(20)28-36(2,32)33/h3-8,15,24,26-29H,9-14,16H2,1-2H3,(H,30,31). The zero-order valence-corrected chi connectivity index (χ0v) is 21.2. The van der Waals surface area contributed by atoms with Crippen LogP contribution in [0.1, 0.15) is 29.3 Å². The number of nitrogens with one attached hydrogen (secondary N) is 3. The number of aromatic amines is 1. The zero-order chi connectivity index (χ0) is 26.1. The van der Waals surface area contributed by atoms with Crippen LogP contribution in [-0.4, -0.2) is 69.3 Å². The number of aryl methyl sites for hydroxylation is 1. The molecule has 3 rings (SSSR count). The molecule has 0 amide bonds. The normalized spacial score (nSPS) is 12.5. The molecule has 196 valence electrons. The second-order valence-corrected chi connectivity index (χ2v) is 10.2. The lowest BCUT2D eigenvalue weighted by molar-refractivity contribution is -0.136. The number of carboxylic acid groups (broad SMARTS) is 1. The molecule has 11 heteroatoms. The van der Waals surface area contributed by atoms with Gasteiger partial charge in [-0.05, 0) is 35.7 Å². The van der Waals surface area contributed by atoms with Gasteiger partial charge in [0, 0.05) is 49.2 Å². The van der Waals surface area contributed by atoms with Crippen molar-refractivity contribution in [2.45, 2.75) is 25.3 Å². The Bertz CT molecular complexity index is 1270. The molecule has 1 heterocycles. The number of carboxylic acids is 1. The molecule has 5 N–H and O–H groups in total. The average Bonchev–Trinajstić information content (AvgIpc) is 3.17. The molecule has 0 bridgehead atoms. The van der Waals surface area contributed by atoms with Crippen LogP contribution in [0.4, 0.5) is 5.69 Å². The Morgan fingerprint density at radius 3 is 2.61 bits per heavy atom. The number of methoxy groups -OCH3 is 1. The van der Waals surface area contributed by atoms with Crippen LogP contribution in [0.2, 0.25) is 0 Å². The van der Waals surface area contributed by atoms with Crippen molar-refractivity contribution in [1.82, 2.24) is 10.3 Å². The number of hydrogen-bond donors (Lipinski definition) is 5. The number of aliphatic hydroxyl groups is 1. The smallest absolute Gasteiger partial charge is 0.303 e. The van der Waals surface area contributed by atoms with E-state index in [9.17, 15) is 18.3 Å². The zero-order valence-electron chi connectivity index (χ0n) is 20.4. The molecule has 0 saturated carbocycles. The SMILES string of the molecule is COCCc1[nH]c2cc(OCCNC(CO)c3ccccc3NS(C)(=O)=O)ccc2c1CCC(=O)O. The number of aromatic nitrogens is 1. The lowest BCUT2D eigenvalue weighted by Gasteiger charge is -2.20. The summed E-state index contributed by atoms with van der Waals surface area (Å²) in [5, 5.41) is 23.1. The van der Waals surface area contributed by atoms with Crippen molar-refractivity contribution >= 4 is 32.6 Å². The van der Waals surface area contributed by atoms with Crippen molar-refractivity contribution in [3.8, 4) is 5.75 Å². The summed E-state index contributed by atoms with van der Waals surface area (Å²) < 4.78 is 36.9. The molecular formula is C25H33N3O7S. The van der Waals surface area contributed by atoms with Gasteiger partial charge in [0.25, 0.3) is 0 Å². The lowest BCUT2D eigenvalue weighted by atomic mass is 10.0. The highest BCUT2D eigenvalue weighted by atomic mass is 32.2. The molecule has 0 aliphatic heterocycles. The molecule has 1 atom stereocenters. The number of ether oxygens (including phenoxy) is 2. The largest absolute Gasteiger partial charge is 0.492 e. The summed E-state index contributed by atoms with van der Waals surface area (Å²) in [4.78, 5) is 14.5. The van der Waals surface area contributed by atoms with Crippen molar-refractivity contribution in [2.24, 2.45) is 0 Å². The maximum Gasteiger partial charge on any atom is 0.303 e. The van der Waals surface area contributed by atoms with Gasteiger partial charge in [0.15, 0.2) is 0 Å². The van der Waals surface area contributed by atoms with Crippen LogP contribution in [0.15, 0.2) is 42.5 Å². The Hall–Kier alpha value is -3.12. The van der Waals surface area contributed by atoms with Crippen molar-refractivity contribution in [1.29, 1.82) is 0 Å². The molecule has 1 aromatic heterocycles. The maximum absolute atomic E-state index is 11.7. The lowest BCUT2D eigenvalue weighted by Crippen LogP contribution is -2.29. The number of anilines is 1. The first-order valence-electron chi connectivity index (χ1n) is 11.6. The Morgan fingerprint density at radius 2 is 1.92 bits per heavy atom. The van der Waals surface area contributed by atoms with Crippen LogP contribution in [0.5, 0.6) is 5.75 Å². The summed E-state index contributed by atoms with van der Waals surface area (Å²) in [5.74, 6) is -0.196. The Balaban J connectivity index is 1.65. The summed E-state index contributed by atoms with van der Waals surface area (Å²) in [6.07, 6.45) is 2.20. The molecule has 2 aromatic carbocycles. The van der Waals surface area contributed by atoms with Gasteiger partial charge in [-0.2, -0.15) is 0 Å². The van der Waals surface area contributed by atoms with E-state index in [0.717, 1.165) is 28.4 Å². The van der Waals surface area contributed by atoms with E-state index in [0.29, 0.717) is 49.6 Å². The van der Waals surface area contributed by atoms with Gasteiger partial charge in [-0.15, -0.1) is 0 Å². The number of carbonyl (C=O) groups is 1. The van der Waals surface area contributed by atoms with E-state index >= 15 is 0 Å². The second-order valence-electron chi connectivity index (χ2n) is 8.43. The minimum Gasteiger partial charge on any atom is -0.492 e. The van der Waals surface area contributed by atoms with Gasteiger partial charge >= 0.3 is 5.97 Å². The van der Waals surface area contributed by atoms with Gasteiger partial charge in [-0.25, -0.2) is 8.42 Å². The Morgan fingerprint density at radius 1 is 1.14 bits per heavy atom. The maximum atomic E-state index is 11.7. The molecule has 0 spiro atoms. The van der Waals surface area contributed by atoms with E-state index in [2.05, 4.69) is 15.0 Å². The van der Waals surface area contributed by atoms with Crippen molar-refractivity contribution < 1.29 is 32.9 Å². The first-order chi connectivity index (χ1) is 17.2. The van der Waals surface area contributed by atoms with Gasteiger partial charge in [0.2, 0.25) is 10.0 Å². The van der Waals surface area contributed by atoms with Crippen LogP contribution in [0.25, 0.3) is 10.9 Å². The number of H-pyrrole nitrogens is 1. The van der Waals surface area contributed by atoms with E-state index in [1.54, 1.807) is 31.4 Å². The quantitative estimate of drug-likeness (QED) is 0.192. The fourth-order valence-corrected chi connectivity index (χ4v) is 4.67. The van der Waals surface area contributed by atoms with Crippen molar-refractivity contribution in [3.05, 3.63) is 59.3 Å². The summed E-state index contributed by atoms with van der Waals surface area (Å²) in [7, 11) is -1.83.